The zero-order chi connectivity index (χ0) is 13.2. The van der Waals surface area contributed by atoms with Gasteiger partial charge in [-0.15, -0.1) is 0 Å². The fourth-order valence-corrected chi connectivity index (χ4v) is 3.58. The van der Waals surface area contributed by atoms with Gasteiger partial charge in [0.25, 0.3) is 0 Å². The molecular formula is C14H29N3O. The molecule has 2 aliphatic heterocycles. The number of nitrogens with zero attached hydrogens (tertiary/aromatic N) is 2. The van der Waals surface area contributed by atoms with E-state index in [0.717, 1.165) is 19.6 Å². The van der Waals surface area contributed by atoms with Crippen molar-refractivity contribution in [1.82, 2.24) is 9.80 Å². The van der Waals surface area contributed by atoms with Crippen molar-refractivity contribution in [2.45, 2.75) is 50.3 Å². The summed E-state index contributed by atoms with van der Waals surface area (Å²) in [6, 6.07) is 0.630. The molecule has 3 atom stereocenters. The molecule has 4 heteroatoms. The summed E-state index contributed by atoms with van der Waals surface area (Å²) in [6.45, 7) is 6.51. The zero-order valence-corrected chi connectivity index (χ0v) is 12.2. The number of hydrogen-bond acceptors (Lipinski definition) is 4. The van der Waals surface area contributed by atoms with Crippen LogP contribution in [-0.4, -0.2) is 67.8 Å². The van der Waals surface area contributed by atoms with Crippen molar-refractivity contribution in [3.63, 3.8) is 0 Å². The number of likely N-dealkylation sites (tertiary alicyclic amines) is 2. The van der Waals surface area contributed by atoms with Gasteiger partial charge in [0.1, 0.15) is 0 Å². The van der Waals surface area contributed by atoms with Gasteiger partial charge in [-0.1, -0.05) is 0 Å². The first-order valence-electron chi connectivity index (χ1n) is 7.29. The number of ether oxygens (including phenoxy) is 1. The summed E-state index contributed by atoms with van der Waals surface area (Å²) >= 11 is 0. The predicted molar refractivity (Wildman–Crippen MR) is 74.7 cm³/mol. The van der Waals surface area contributed by atoms with Crippen LogP contribution in [0.4, 0.5) is 0 Å². The molecule has 4 nitrogen and oxygen atoms in total. The molecule has 2 saturated heterocycles. The van der Waals surface area contributed by atoms with Gasteiger partial charge in [0.2, 0.25) is 0 Å². The van der Waals surface area contributed by atoms with Crippen molar-refractivity contribution in [3.8, 4) is 0 Å². The zero-order valence-electron chi connectivity index (χ0n) is 12.2. The fraction of sp³-hybridized carbons (Fsp3) is 1.00. The molecule has 0 bridgehead atoms. The Balaban J connectivity index is 2.07. The predicted octanol–water partition coefficient (Wildman–Crippen LogP) is 0.909. The minimum atomic E-state index is 0.211. The van der Waals surface area contributed by atoms with Crippen LogP contribution in [0.25, 0.3) is 0 Å². The molecule has 2 heterocycles. The molecular weight excluding hydrogens is 226 g/mol. The van der Waals surface area contributed by atoms with E-state index >= 15 is 0 Å². The summed E-state index contributed by atoms with van der Waals surface area (Å²) in [6.07, 6.45) is 5.22. The lowest BCUT2D eigenvalue weighted by Crippen LogP contribution is -2.63. The van der Waals surface area contributed by atoms with Crippen molar-refractivity contribution in [2.24, 2.45) is 5.73 Å². The molecule has 0 aromatic heterocycles. The number of hydrogen-bond donors (Lipinski definition) is 1. The summed E-state index contributed by atoms with van der Waals surface area (Å²) in [7, 11) is 4.06. The number of rotatable bonds is 3. The van der Waals surface area contributed by atoms with Gasteiger partial charge in [-0.25, -0.2) is 0 Å². The third-order valence-corrected chi connectivity index (χ3v) is 5.12. The second-order valence-electron chi connectivity index (χ2n) is 6.16. The van der Waals surface area contributed by atoms with E-state index in [4.69, 9.17) is 10.5 Å². The maximum absolute atomic E-state index is 6.16. The summed E-state index contributed by atoms with van der Waals surface area (Å²) in [5.41, 5.74) is 6.37. The first-order chi connectivity index (χ1) is 8.61. The molecule has 0 aliphatic carbocycles. The summed E-state index contributed by atoms with van der Waals surface area (Å²) in [5, 5.41) is 0. The van der Waals surface area contributed by atoms with Crippen molar-refractivity contribution >= 4 is 0 Å². The van der Waals surface area contributed by atoms with Gasteiger partial charge in [-0.05, 0) is 52.7 Å². The number of nitrogens with two attached hydrogens (primary N) is 1. The molecule has 2 fully saturated rings. The molecule has 0 aromatic carbocycles. The Morgan fingerprint density at radius 3 is 2.78 bits per heavy atom. The Bertz CT molecular complexity index is 274. The van der Waals surface area contributed by atoms with Crippen LogP contribution in [0.1, 0.15) is 32.6 Å². The van der Waals surface area contributed by atoms with Gasteiger partial charge in [-0.3, -0.25) is 4.90 Å². The maximum atomic E-state index is 6.16. The molecule has 2 N–H and O–H groups in total. The minimum Gasteiger partial charge on any atom is -0.380 e. The topological polar surface area (TPSA) is 41.7 Å². The molecule has 18 heavy (non-hydrogen) atoms. The largest absolute Gasteiger partial charge is 0.380 e. The van der Waals surface area contributed by atoms with E-state index < -0.39 is 0 Å². The van der Waals surface area contributed by atoms with Gasteiger partial charge in [0, 0.05) is 31.8 Å². The molecule has 0 amide bonds. The number of piperidine rings is 2. The quantitative estimate of drug-likeness (QED) is 0.814. The lowest BCUT2D eigenvalue weighted by molar-refractivity contribution is -0.0476. The van der Waals surface area contributed by atoms with Crippen molar-refractivity contribution in [3.05, 3.63) is 0 Å². The van der Waals surface area contributed by atoms with Gasteiger partial charge in [0.15, 0.2) is 0 Å². The van der Waals surface area contributed by atoms with E-state index in [1.807, 2.05) is 7.11 Å². The summed E-state index contributed by atoms with van der Waals surface area (Å²) < 4.78 is 5.56. The van der Waals surface area contributed by atoms with Gasteiger partial charge in [0.05, 0.1) is 6.10 Å². The molecule has 0 saturated carbocycles. The van der Waals surface area contributed by atoms with E-state index in [1.165, 1.54) is 32.2 Å². The van der Waals surface area contributed by atoms with Crippen LogP contribution in [0.2, 0.25) is 0 Å². The highest BCUT2D eigenvalue weighted by Gasteiger charge is 2.42. The molecule has 2 rings (SSSR count). The van der Waals surface area contributed by atoms with Crippen molar-refractivity contribution < 1.29 is 4.74 Å². The van der Waals surface area contributed by atoms with E-state index in [9.17, 15) is 0 Å². The smallest absolute Gasteiger partial charge is 0.0698 e. The highest BCUT2D eigenvalue weighted by Crippen LogP contribution is 2.33. The van der Waals surface area contributed by atoms with Gasteiger partial charge >= 0.3 is 0 Å². The van der Waals surface area contributed by atoms with Crippen LogP contribution in [-0.2, 0) is 4.74 Å². The second-order valence-corrected chi connectivity index (χ2v) is 6.16. The van der Waals surface area contributed by atoms with E-state index in [-0.39, 0.29) is 5.54 Å². The van der Waals surface area contributed by atoms with Crippen LogP contribution in [0.15, 0.2) is 0 Å². The first-order valence-corrected chi connectivity index (χ1v) is 7.29. The first kappa shape index (κ1) is 14.3. The summed E-state index contributed by atoms with van der Waals surface area (Å²) in [5.74, 6) is 0. The van der Waals surface area contributed by atoms with Crippen molar-refractivity contribution in [1.29, 1.82) is 0 Å². The van der Waals surface area contributed by atoms with E-state index in [2.05, 4.69) is 23.8 Å². The fourth-order valence-electron chi connectivity index (χ4n) is 3.58. The Hall–Kier alpha value is -0.160. The lowest BCUT2D eigenvalue weighted by Gasteiger charge is -2.52. The standard InChI is InChI=1S/C14H29N3O/c1-12-9-14(11-15,6-8-16(12)2)17-7-4-5-13(10-17)18-3/h12-13H,4-11,15H2,1-3H3. The number of methoxy groups -OCH3 is 1. The Kier molecular flexibility index (Phi) is 4.64. The Morgan fingerprint density at radius 1 is 1.39 bits per heavy atom. The molecule has 0 aromatic rings. The molecule has 0 radical (unpaired) electrons. The van der Waals surface area contributed by atoms with E-state index in [1.54, 1.807) is 0 Å². The maximum Gasteiger partial charge on any atom is 0.0698 e. The van der Waals surface area contributed by atoms with Gasteiger partial charge < -0.3 is 15.4 Å². The van der Waals surface area contributed by atoms with Crippen molar-refractivity contribution in [2.75, 3.05) is 40.3 Å². The van der Waals surface area contributed by atoms with E-state index in [0.29, 0.717) is 12.1 Å². The van der Waals surface area contributed by atoms with Gasteiger partial charge in [-0.2, -0.15) is 0 Å². The normalized spacial score (nSPS) is 40.0. The highest BCUT2D eigenvalue weighted by atomic mass is 16.5. The Labute approximate surface area is 111 Å². The molecule has 2 aliphatic rings. The van der Waals surface area contributed by atoms with Crippen LogP contribution < -0.4 is 5.73 Å². The van der Waals surface area contributed by atoms with Crippen LogP contribution in [0, 0.1) is 0 Å². The average molecular weight is 255 g/mol. The molecule has 106 valence electrons. The van der Waals surface area contributed by atoms with Crippen LogP contribution in [0.5, 0.6) is 0 Å². The molecule has 0 spiro atoms. The SMILES string of the molecule is COC1CCCN(C2(CN)CCN(C)C(C)C2)C1. The highest BCUT2D eigenvalue weighted by molar-refractivity contribution is 5.00. The monoisotopic (exact) mass is 255 g/mol. The second kappa shape index (κ2) is 5.87. The summed E-state index contributed by atoms with van der Waals surface area (Å²) in [4.78, 5) is 5.07. The third-order valence-electron chi connectivity index (χ3n) is 5.12. The van der Waals surface area contributed by atoms with Crippen LogP contribution >= 0.6 is 0 Å². The van der Waals surface area contributed by atoms with Crippen LogP contribution in [0.3, 0.4) is 0 Å². The minimum absolute atomic E-state index is 0.211. The third kappa shape index (κ3) is 2.72. The Morgan fingerprint density at radius 2 is 2.17 bits per heavy atom. The molecule has 3 unspecified atom stereocenters. The average Bonchev–Trinajstić information content (AvgIpc) is 2.42. The lowest BCUT2D eigenvalue weighted by atomic mass is 9.81.